The topological polar surface area (TPSA) is 38.0 Å². The Bertz CT molecular complexity index is 1170. The van der Waals surface area contributed by atoms with Crippen molar-refractivity contribution in [3.8, 4) is 0 Å². The molecule has 2 nitrogen and oxygen atoms in total. The van der Waals surface area contributed by atoms with Gasteiger partial charge in [-0.2, -0.15) is 13.2 Å². The molecule has 3 aromatic carbocycles. The Morgan fingerprint density at radius 2 is 1.19 bits per heavy atom. The maximum Gasteiger partial charge on any atom is 0.417 e. The molecule has 2 saturated carbocycles. The molecular formula is C36H46ClF3N2. The van der Waals surface area contributed by atoms with Crippen molar-refractivity contribution in [3.05, 3.63) is 106 Å². The maximum absolute atomic E-state index is 13.0. The molecule has 2 fully saturated rings. The molecule has 0 heterocycles. The van der Waals surface area contributed by atoms with E-state index < -0.39 is 11.7 Å². The van der Waals surface area contributed by atoms with Gasteiger partial charge in [0.15, 0.2) is 0 Å². The van der Waals surface area contributed by atoms with Crippen LogP contribution in [0.4, 0.5) is 13.2 Å². The van der Waals surface area contributed by atoms with Crippen LogP contribution in [0.3, 0.4) is 0 Å². The summed E-state index contributed by atoms with van der Waals surface area (Å²) in [4.78, 5) is 0. The molecule has 0 radical (unpaired) electrons. The average molecular weight is 599 g/mol. The minimum atomic E-state index is -4.43. The summed E-state index contributed by atoms with van der Waals surface area (Å²) in [6, 6.07) is 25.3. The van der Waals surface area contributed by atoms with Crippen molar-refractivity contribution >= 4 is 11.6 Å². The van der Waals surface area contributed by atoms with Gasteiger partial charge in [0, 0.05) is 13.1 Å². The Balaban J connectivity index is 0.000000227. The molecule has 3 aromatic rings. The van der Waals surface area contributed by atoms with Crippen molar-refractivity contribution in [2.75, 3.05) is 13.1 Å². The lowest BCUT2D eigenvalue weighted by Gasteiger charge is -2.31. The van der Waals surface area contributed by atoms with Crippen LogP contribution >= 0.6 is 11.6 Å². The van der Waals surface area contributed by atoms with Gasteiger partial charge in [-0.1, -0.05) is 123 Å². The predicted molar refractivity (Wildman–Crippen MR) is 169 cm³/mol. The number of nitrogens with one attached hydrogen (secondary N) is 1. The Morgan fingerprint density at radius 1 is 0.690 bits per heavy atom. The van der Waals surface area contributed by atoms with E-state index in [1.807, 2.05) is 6.07 Å². The summed E-state index contributed by atoms with van der Waals surface area (Å²) in [6.07, 6.45) is 8.77. The first-order valence-electron chi connectivity index (χ1n) is 15.7. The lowest BCUT2D eigenvalue weighted by Crippen LogP contribution is -2.28. The fraction of sp³-hybridized carbons (Fsp3) is 0.500. The highest BCUT2D eigenvalue weighted by molar-refractivity contribution is 6.32. The number of benzene rings is 3. The van der Waals surface area contributed by atoms with E-state index in [4.69, 9.17) is 17.3 Å². The zero-order valence-corrected chi connectivity index (χ0v) is 25.4. The van der Waals surface area contributed by atoms with Gasteiger partial charge in [0.1, 0.15) is 0 Å². The summed E-state index contributed by atoms with van der Waals surface area (Å²) in [5.74, 6) is 2.40. The van der Waals surface area contributed by atoms with Crippen LogP contribution in [0.25, 0.3) is 0 Å². The van der Waals surface area contributed by atoms with E-state index >= 15 is 0 Å². The van der Waals surface area contributed by atoms with Crippen molar-refractivity contribution in [1.82, 2.24) is 5.32 Å². The monoisotopic (exact) mass is 598 g/mol. The zero-order valence-electron chi connectivity index (χ0n) is 24.6. The molecule has 228 valence electrons. The number of halogens is 4. The third kappa shape index (κ3) is 9.33. The molecule has 2 aliphatic carbocycles. The highest BCUT2D eigenvalue weighted by atomic mass is 35.5. The third-order valence-electron chi connectivity index (χ3n) is 9.21. The van der Waals surface area contributed by atoms with Crippen molar-refractivity contribution in [2.45, 2.75) is 88.8 Å². The molecule has 0 amide bonds. The number of nitrogens with two attached hydrogens (primary N) is 1. The van der Waals surface area contributed by atoms with Crippen LogP contribution < -0.4 is 11.1 Å². The van der Waals surface area contributed by atoms with Crippen LogP contribution in [0.2, 0.25) is 5.02 Å². The van der Waals surface area contributed by atoms with Crippen molar-refractivity contribution in [2.24, 2.45) is 17.6 Å². The molecule has 5 rings (SSSR count). The van der Waals surface area contributed by atoms with Crippen LogP contribution in [0.1, 0.15) is 98.3 Å². The van der Waals surface area contributed by atoms with Gasteiger partial charge in [0.2, 0.25) is 0 Å². The average Bonchev–Trinajstić information content (AvgIpc) is 3.02. The van der Waals surface area contributed by atoms with Crippen molar-refractivity contribution in [3.63, 3.8) is 0 Å². The summed E-state index contributed by atoms with van der Waals surface area (Å²) >= 11 is 6.01. The SMILES string of the molecule is FC(F)(F)c1cccc(CNCC(c2ccccc2)C2CCCCC2)c1Cl.NCC(c1ccccc1)C1CCCCC1. The van der Waals surface area contributed by atoms with Gasteiger partial charge in [-0.25, -0.2) is 0 Å². The summed E-state index contributed by atoms with van der Waals surface area (Å²) in [5, 5.41) is 3.16. The molecule has 2 unspecified atom stereocenters. The Morgan fingerprint density at radius 3 is 1.69 bits per heavy atom. The first kappa shape index (κ1) is 32.6. The van der Waals surface area contributed by atoms with E-state index in [2.05, 4.69) is 59.9 Å². The van der Waals surface area contributed by atoms with Crippen LogP contribution in [-0.4, -0.2) is 13.1 Å². The molecule has 0 bridgehead atoms. The van der Waals surface area contributed by atoms with E-state index in [0.29, 0.717) is 29.9 Å². The van der Waals surface area contributed by atoms with Crippen LogP contribution in [0, 0.1) is 11.8 Å². The Labute approximate surface area is 255 Å². The lowest BCUT2D eigenvalue weighted by molar-refractivity contribution is -0.137. The van der Waals surface area contributed by atoms with Crippen molar-refractivity contribution < 1.29 is 13.2 Å². The first-order chi connectivity index (χ1) is 20.4. The number of rotatable bonds is 9. The fourth-order valence-electron chi connectivity index (χ4n) is 6.93. The largest absolute Gasteiger partial charge is 0.417 e. The molecule has 6 heteroatoms. The van der Waals surface area contributed by atoms with Crippen LogP contribution in [0.15, 0.2) is 78.9 Å². The quantitative estimate of drug-likeness (QED) is 0.257. The molecule has 0 aromatic heterocycles. The second-order valence-electron chi connectivity index (χ2n) is 12.0. The van der Waals surface area contributed by atoms with Crippen molar-refractivity contribution in [1.29, 1.82) is 0 Å². The molecule has 42 heavy (non-hydrogen) atoms. The molecule has 0 spiro atoms. The van der Waals surface area contributed by atoms with Gasteiger partial charge < -0.3 is 11.1 Å². The van der Waals surface area contributed by atoms with E-state index in [1.54, 1.807) is 6.07 Å². The highest BCUT2D eigenvalue weighted by Crippen LogP contribution is 2.38. The second kappa shape index (κ2) is 16.5. The molecular weight excluding hydrogens is 553 g/mol. The van der Waals surface area contributed by atoms with E-state index in [-0.39, 0.29) is 5.02 Å². The number of hydrogen-bond acceptors (Lipinski definition) is 2. The number of alkyl halides is 3. The fourth-order valence-corrected chi connectivity index (χ4v) is 7.23. The minimum absolute atomic E-state index is 0.202. The van der Waals surface area contributed by atoms with Gasteiger partial charge in [-0.05, 0) is 78.7 Å². The summed E-state index contributed by atoms with van der Waals surface area (Å²) in [7, 11) is 0. The normalized spacial score (nSPS) is 18.1. The predicted octanol–water partition coefficient (Wildman–Crippen LogP) is 10.1. The van der Waals surface area contributed by atoms with Gasteiger partial charge in [0.25, 0.3) is 0 Å². The smallest absolute Gasteiger partial charge is 0.330 e. The maximum atomic E-state index is 13.0. The highest BCUT2D eigenvalue weighted by Gasteiger charge is 2.34. The van der Waals surface area contributed by atoms with E-state index in [0.717, 1.165) is 25.1 Å². The minimum Gasteiger partial charge on any atom is -0.330 e. The van der Waals surface area contributed by atoms with Crippen LogP contribution in [0.5, 0.6) is 0 Å². The Hall–Kier alpha value is -2.34. The van der Waals surface area contributed by atoms with Gasteiger partial charge >= 0.3 is 6.18 Å². The summed E-state index contributed by atoms with van der Waals surface area (Å²) in [6.45, 7) is 1.87. The molecule has 3 N–H and O–H groups in total. The number of hydrogen-bond donors (Lipinski definition) is 2. The van der Waals surface area contributed by atoms with E-state index in [1.165, 1.54) is 81.4 Å². The molecule has 0 aliphatic heterocycles. The van der Waals surface area contributed by atoms with Crippen LogP contribution in [-0.2, 0) is 12.7 Å². The first-order valence-corrected chi connectivity index (χ1v) is 16.1. The standard InChI is InChI=1S/C22H25ClF3N.C14H21N/c23-21-18(12-7-13-20(21)22(24,25)26)14-27-15-19(16-8-3-1-4-9-16)17-10-5-2-6-11-17;15-11-14(12-7-3-1-4-8-12)13-9-5-2-6-10-13/h1,3-4,7-9,12-13,17,19,27H,2,5-6,10-11,14-15H2;1,3-4,7-8,13-14H,2,5-6,9-11,15H2. The molecule has 2 atom stereocenters. The van der Waals surface area contributed by atoms with Gasteiger partial charge in [-0.15, -0.1) is 0 Å². The summed E-state index contributed by atoms with van der Waals surface area (Å²) in [5.41, 5.74) is 8.39. The third-order valence-corrected chi connectivity index (χ3v) is 9.66. The molecule has 2 aliphatic rings. The summed E-state index contributed by atoms with van der Waals surface area (Å²) < 4.78 is 39.1. The molecule has 0 saturated heterocycles. The zero-order chi connectivity index (χ0) is 29.8. The lowest BCUT2D eigenvalue weighted by atomic mass is 9.77. The van der Waals surface area contributed by atoms with E-state index in [9.17, 15) is 13.2 Å². The second-order valence-corrected chi connectivity index (χ2v) is 12.4. The van der Waals surface area contributed by atoms with Gasteiger partial charge in [0.05, 0.1) is 10.6 Å². The Kier molecular flexibility index (Phi) is 12.8. The van der Waals surface area contributed by atoms with Gasteiger partial charge in [-0.3, -0.25) is 0 Å².